The fourth-order valence-corrected chi connectivity index (χ4v) is 1.64. The van der Waals surface area contributed by atoms with E-state index in [2.05, 4.69) is 10.1 Å². The average molecular weight is 209 g/mol. The molecule has 15 heavy (non-hydrogen) atoms. The molecular formula is C9H15N5O. The van der Waals surface area contributed by atoms with Gasteiger partial charge in [-0.2, -0.15) is 0 Å². The van der Waals surface area contributed by atoms with Crippen molar-refractivity contribution in [1.82, 2.24) is 19.7 Å². The Morgan fingerprint density at radius 2 is 2.47 bits per heavy atom. The van der Waals surface area contributed by atoms with E-state index in [9.17, 15) is 4.79 Å². The molecule has 6 heteroatoms. The molecule has 2 N–H and O–H groups in total. The van der Waals surface area contributed by atoms with Gasteiger partial charge in [0.2, 0.25) is 11.9 Å². The Hall–Kier alpha value is -1.59. The minimum atomic E-state index is 0.0879. The monoisotopic (exact) mass is 209 g/mol. The van der Waals surface area contributed by atoms with Crippen molar-refractivity contribution in [2.45, 2.75) is 32.4 Å². The summed E-state index contributed by atoms with van der Waals surface area (Å²) in [7, 11) is 0. The van der Waals surface area contributed by atoms with Crippen LogP contribution in [0.5, 0.6) is 0 Å². The quantitative estimate of drug-likeness (QED) is 0.749. The SMILES string of the molecule is CCN(C(=O)Cn1cnc(N)n1)C1CC1. The smallest absolute Gasteiger partial charge is 0.244 e. The Morgan fingerprint density at radius 3 is 2.93 bits per heavy atom. The van der Waals surface area contributed by atoms with Crippen LogP contribution in [0.1, 0.15) is 19.8 Å². The lowest BCUT2D eigenvalue weighted by atomic mass is 10.4. The lowest BCUT2D eigenvalue weighted by Gasteiger charge is -2.19. The standard InChI is InChI=1S/C9H15N5O/c1-2-14(7-3-4-7)8(15)5-13-6-11-9(10)12-13/h6-7H,2-5H2,1H3,(H2,10,12). The number of nitrogen functional groups attached to an aromatic ring is 1. The van der Waals surface area contributed by atoms with Gasteiger partial charge in [0, 0.05) is 12.6 Å². The normalized spacial score (nSPS) is 15.3. The third-order valence-electron chi connectivity index (χ3n) is 2.50. The highest BCUT2D eigenvalue weighted by atomic mass is 16.2. The molecule has 0 aromatic carbocycles. The third-order valence-corrected chi connectivity index (χ3v) is 2.50. The Bertz CT molecular complexity index is 357. The zero-order chi connectivity index (χ0) is 10.8. The van der Waals surface area contributed by atoms with Gasteiger partial charge in [0.15, 0.2) is 0 Å². The van der Waals surface area contributed by atoms with Crippen LogP contribution in [0.3, 0.4) is 0 Å². The second kappa shape index (κ2) is 3.88. The maximum atomic E-state index is 11.8. The molecule has 2 rings (SSSR count). The molecule has 82 valence electrons. The fourth-order valence-electron chi connectivity index (χ4n) is 1.64. The summed E-state index contributed by atoms with van der Waals surface area (Å²) in [6.07, 6.45) is 3.73. The summed E-state index contributed by atoms with van der Waals surface area (Å²) in [6.45, 7) is 2.98. The van der Waals surface area contributed by atoms with Crippen LogP contribution >= 0.6 is 0 Å². The number of hydrogen-bond donors (Lipinski definition) is 1. The molecule has 0 unspecified atom stereocenters. The summed E-state index contributed by atoms with van der Waals surface area (Å²) in [5, 5.41) is 3.88. The molecule has 1 aliphatic rings. The van der Waals surface area contributed by atoms with Gasteiger partial charge in [-0.05, 0) is 19.8 Å². The molecule has 1 heterocycles. The first-order valence-corrected chi connectivity index (χ1v) is 5.15. The van der Waals surface area contributed by atoms with Gasteiger partial charge < -0.3 is 10.6 Å². The van der Waals surface area contributed by atoms with Crippen molar-refractivity contribution in [1.29, 1.82) is 0 Å². The summed E-state index contributed by atoms with van der Waals surface area (Å²) in [4.78, 5) is 17.5. The van der Waals surface area contributed by atoms with Crippen LogP contribution < -0.4 is 5.73 Å². The van der Waals surface area contributed by atoms with E-state index in [0.717, 1.165) is 19.4 Å². The molecule has 0 bridgehead atoms. The first-order valence-electron chi connectivity index (χ1n) is 5.15. The van der Waals surface area contributed by atoms with Gasteiger partial charge in [0.1, 0.15) is 12.9 Å². The zero-order valence-electron chi connectivity index (χ0n) is 8.76. The van der Waals surface area contributed by atoms with E-state index < -0.39 is 0 Å². The maximum Gasteiger partial charge on any atom is 0.244 e. The summed E-state index contributed by atoms with van der Waals surface area (Å²) in [5.74, 6) is 0.294. The van der Waals surface area contributed by atoms with E-state index in [1.165, 1.54) is 11.0 Å². The number of amides is 1. The Balaban J connectivity index is 1.95. The van der Waals surface area contributed by atoms with Gasteiger partial charge >= 0.3 is 0 Å². The molecule has 1 aromatic heterocycles. The largest absolute Gasteiger partial charge is 0.367 e. The van der Waals surface area contributed by atoms with Crippen LogP contribution in [0.2, 0.25) is 0 Å². The molecular weight excluding hydrogens is 194 g/mol. The predicted molar refractivity (Wildman–Crippen MR) is 54.8 cm³/mol. The molecule has 1 aliphatic carbocycles. The van der Waals surface area contributed by atoms with Gasteiger partial charge in [0.05, 0.1) is 0 Å². The number of carbonyl (C=O) groups excluding carboxylic acids is 1. The van der Waals surface area contributed by atoms with Crippen LogP contribution in [0.25, 0.3) is 0 Å². The topological polar surface area (TPSA) is 77.0 Å². The van der Waals surface area contributed by atoms with Crippen molar-refractivity contribution in [3.63, 3.8) is 0 Å². The number of likely N-dealkylation sites (N-methyl/N-ethyl adjacent to an activating group) is 1. The molecule has 1 aromatic rings. The van der Waals surface area contributed by atoms with E-state index >= 15 is 0 Å². The van der Waals surface area contributed by atoms with Crippen LogP contribution in [0, 0.1) is 0 Å². The van der Waals surface area contributed by atoms with Crippen molar-refractivity contribution in [2.24, 2.45) is 0 Å². The van der Waals surface area contributed by atoms with Crippen LogP contribution in [-0.4, -0.2) is 38.2 Å². The van der Waals surface area contributed by atoms with Crippen molar-refractivity contribution in [3.8, 4) is 0 Å². The van der Waals surface area contributed by atoms with E-state index in [1.807, 2.05) is 11.8 Å². The number of nitrogens with zero attached hydrogens (tertiary/aromatic N) is 4. The van der Waals surface area contributed by atoms with Gasteiger partial charge in [-0.15, -0.1) is 5.10 Å². The summed E-state index contributed by atoms with van der Waals surface area (Å²) < 4.78 is 1.47. The summed E-state index contributed by atoms with van der Waals surface area (Å²) in [6, 6.07) is 0.448. The van der Waals surface area contributed by atoms with E-state index in [1.54, 1.807) is 0 Å². The number of carbonyl (C=O) groups is 1. The minimum absolute atomic E-state index is 0.0879. The maximum absolute atomic E-state index is 11.8. The molecule has 0 atom stereocenters. The van der Waals surface area contributed by atoms with Crippen molar-refractivity contribution >= 4 is 11.9 Å². The zero-order valence-corrected chi connectivity index (χ0v) is 8.76. The predicted octanol–water partition coefficient (Wildman–Crippen LogP) is -0.129. The van der Waals surface area contributed by atoms with Gasteiger partial charge in [0.25, 0.3) is 0 Å². The summed E-state index contributed by atoms with van der Waals surface area (Å²) in [5.41, 5.74) is 5.37. The van der Waals surface area contributed by atoms with Gasteiger partial charge in [-0.1, -0.05) is 0 Å². The van der Waals surface area contributed by atoms with Gasteiger partial charge in [-0.25, -0.2) is 9.67 Å². The number of anilines is 1. The molecule has 0 radical (unpaired) electrons. The van der Waals surface area contributed by atoms with E-state index in [-0.39, 0.29) is 18.4 Å². The Kier molecular flexibility index (Phi) is 2.57. The molecule has 0 aliphatic heterocycles. The number of hydrogen-bond acceptors (Lipinski definition) is 4. The van der Waals surface area contributed by atoms with E-state index in [0.29, 0.717) is 6.04 Å². The Labute approximate surface area is 88.1 Å². The first-order chi connectivity index (χ1) is 7.20. The van der Waals surface area contributed by atoms with Crippen LogP contribution in [0.4, 0.5) is 5.95 Å². The third kappa shape index (κ3) is 2.26. The first kappa shape index (κ1) is 9.95. The number of aromatic nitrogens is 3. The lowest BCUT2D eigenvalue weighted by molar-refractivity contribution is -0.132. The second-order valence-electron chi connectivity index (χ2n) is 3.71. The molecule has 0 saturated heterocycles. The minimum Gasteiger partial charge on any atom is -0.367 e. The van der Waals surface area contributed by atoms with Crippen LogP contribution in [-0.2, 0) is 11.3 Å². The number of nitrogens with two attached hydrogens (primary N) is 1. The van der Waals surface area contributed by atoms with Crippen LogP contribution in [0.15, 0.2) is 6.33 Å². The average Bonchev–Trinajstić information content (AvgIpc) is 2.93. The number of rotatable bonds is 4. The van der Waals surface area contributed by atoms with Crippen molar-refractivity contribution < 1.29 is 4.79 Å². The van der Waals surface area contributed by atoms with Crippen molar-refractivity contribution in [2.75, 3.05) is 12.3 Å². The highest BCUT2D eigenvalue weighted by molar-refractivity contribution is 5.76. The molecule has 6 nitrogen and oxygen atoms in total. The molecule has 1 saturated carbocycles. The van der Waals surface area contributed by atoms with E-state index in [4.69, 9.17) is 5.73 Å². The fraction of sp³-hybridized carbons (Fsp3) is 0.667. The molecule has 0 spiro atoms. The summed E-state index contributed by atoms with van der Waals surface area (Å²) >= 11 is 0. The highest BCUT2D eigenvalue weighted by Gasteiger charge is 2.31. The lowest BCUT2D eigenvalue weighted by Crippen LogP contribution is -2.35. The second-order valence-corrected chi connectivity index (χ2v) is 3.71. The van der Waals surface area contributed by atoms with Gasteiger partial charge in [-0.3, -0.25) is 4.79 Å². The molecule has 1 fully saturated rings. The highest BCUT2D eigenvalue weighted by Crippen LogP contribution is 2.26. The molecule has 1 amide bonds. The Morgan fingerprint density at radius 1 is 1.73 bits per heavy atom. The van der Waals surface area contributed by atoms with Crippen molar-refractivity contribution in [3.05, 3.63) is 6.33 Å².